The lowest BCUT2D eigenvalue weighted by molar-refractivity contribution is -0.144. The highest BCUT2D eigenvalue weighted by Gasteiger charge is 2.67. The molecule has 3 atom stereocenters. The molecule has 36 heavy (non-hydrogen) atoms. The Labute approximate surface area is 209 Å². The van der Waals surface area contributed by atoms with Crippen molar-refractivity contribution < 1.29 is 33.4 Å². The summed E-state index contributed by atoms with van der Waals surface area (Å²) < 4.78 is 15.1. The van der Waals surface area contributed by atoms with E-state index in [4.69, 9.17) is 14.2 Å². The molecular formula is C25H30N4O7. The molecule has 3 aliphatic heterocycles. The molecule has 1 saturated heterocycles. The molecule has 4 rings (SSSR count). The zero-order valence-electron chi connectivity index (χ0n) is 21.4. The SMILES string of the molecule is COC(=O)C1=C(C(=O)OC)[C@@H]2N(C)c3ccccc3[C@@]23C[C@@H](C(=O)OC)N(C(=O)NC(C)(C)C)C3=N1. The third kappa shape index (κ3) is 3.52. The number of carbonyl (C=O) groups is 4. The van der Waals surface area contributed by atoms with Crippen LogP contribution in [0.1, 0.15) is 32.8 Å². The Bertz CT molecular complexity index is 1220. The van der Waals surface area contributed by atoms with Crippen molar-refractivity contribution in [3.05, 3.63) is 41.1 Å². The Morgan fingerprint density at radius 2 is 1.67 bits per heavy atom. The molecule has 1 aromatic rings. The normalized spacial score (nSPS) is 24.4. The Hall–Kier alpha value is -3.89. The molecule has 0 aliphatic carbocycles. The number of likely N-dealkylation sites (N-methyl/N-ethyl adjacent to an activating group) is 1. The van der Waals surface area contributed by atoms with Crippen molar-refractivity contribution in [1.29, 1.82) is 0 Å². The molecule has 0 radical (unpaired) electrons. The molecule has 1 spiro atoms. The zero-order chi connectivity index (χ0) is 26.6. The van der Waals surface area contributed by atoms with Crippen LogP contribution in [0.25, 0.3) is 0 Å². The Balaban J connectivity index is 2.07. The van der Waals surface area contributed by atoms with Gasteiger partial charge in [0, 0.05) is 18.3 Å². The monoisotopic (exact) mass is 498 g/mol. The quantitative estimate of drug-likeness (QED) is 0.491. The standard InChI is InChI=1S/C25H30N4O7/c1-24(2,3)27-23(33)29-15(19(30)34-5)12-25-13-10-8-9-11-14(13)28(4)18(25)16(20(31)35-6)17(21(32)36-7)26-22(25)29/h8-11,15,18H,12H2,1-7H3,(H,27,33)/t15-,18-,25-/m0/s1. The summed E-state index contributed by atoms with van der Waals surface area (Å²) in [6.07, 6.45) is 0.0804. The first-order valence-electron chi connectivity index (χ1n) is 11.4. The molecule has 192 valence electrons. The summed E-state index contributed by atoms with van der Waals surface area (Å²) in [6.45, 7) is 5.43. The van der Waals surface area contributed by atoms with Gasteiger partial charge in [0.05, 0.1) is 38.4 Å². The van der Waals surface area contributed by atoms with E-state index >= 15 is 0 Å². The summed E-state index contributed by atoms with van der Waals surface area (Å²) in [5.74, 6) is -2.10. The summed E-state index contributed by atoms with van der Waals surface area (Å²) in [7, 11) is 5.42. The summed E-state index contributed by atoms with van der Waals surface area (Å²) in [4.78, 5) is 60.4. The third-order valence-corrected chi connectivity index (χ3v) is 6.78. The van der Waals surface area contributed by atoms with Gasteiger partial charge in [-0.3, -0.25) is 4.90 Å². The number of hydrogen-bond acceptors (Lipinski definition) is 9. The number of fused-ring (bicyclic) bond motifs is 1. The predicted octanol–water partition coefficient (Wildman–Crippen LogP) is 1.51. The van der Waals surface area contributed by atoms with Gasteiger partial charge in [-0.25, -0.2) is 24.2 Å². The molecule has 1 aromatic carbocycles. The first-order valence-corrected chi connectivity index (χ1v) is 11.4. The van der Waals surface area contributed by atoms with E-state index < -0.39 is 47.0 Å². The Morgan fingerprint density at radius 1 is 1.03 bits per heavy atom. The average Bonchev–Trinajstić information content (AvgIpc) is 3.32. The molecule has 0 unspecified atom stereocenters. The largest absolute Gasteiger partial charge is 0.467 e. The Kier molecular flexibility index (Phi) is 6.06. The number of hydrogen-bond donors (Lipinski definition) is 1. The second kappa shape index (κ2) is 8.65. The van der Waals surface area contributed by atoms with Crippen LogP contribution in [0.4, 0.5) is 10.5 Å². The van der Waals surface area contributed by atoms with Gasteiger partial charge in [-0.2, -0.15) is 0 Å². The van der Waals surface area contributed by atoms with Gasteiger partial charge in [-0.15, -0.1) is 0 Å². The van der Waals surface area contributed by atoms with Crippen molar-refractivity contribution in [2.75, 3.05) is 33.3 Å². The number of methoxy groups -OCH3 is 3. The smallest absolute Gasteiger partial charge is 0.357 e. The highest BCUT2D eigenvalue weighted by Crippen LogP contribution is 2.57. The number of carbonyl (C=O) groups excluding carboxylic acids is 4. The number of nitrogens with one attached hydrogen (secondary N) is 1. The number of likely N-dealkylation sites (tertiary alicyclic amines) is 1. The van der Waals surface area contributed by atoms with Crippen molar-refractivity contribution in [3.8, 4) is 0 Å². The summed E-state index contributed by atoms with van der Waals surface area (Å²) in [5, 5.41) is 2.88. The molecular weight excluding hydrogens is 468 g/mol. The lowest BCUT2D eigenvalue weighted by Crippen LogP contribution is -2.58. The van der Waals surface area contributed by atoms with Gasteiger partial charge in [0.15, 0.2) is 5.70 Å². The molecule has 11 nitrogen and oxygen atoms in total. The number of esters is 3. The van der Waals surface area contributed by atoms with Crippen molar-refractivity contribution >= 4 is 35.5 Å². The lowest BCUT2D eigenvalue weighted by atomic mass is 9.69. The molecule has 1 fully saturated rings. The predicted molar refractivity (Wildman–Crippen MR) is 129 cm³/mol. The maximum absolute atomic E-state index is 13.6. The van der Waals surface area contributed by atoms with Crippen LogP contribution in [0.15, 0.2) is 40.5 Å². The minimum atomic E-state index is -1.12. The van der Waals surface area contributed by atoms with Crippen molar-refractivity contribution in [1.82, 2.24) is 10.2 Å². The Morgan fingerprint density at radius 3 is 2.25 bits per heavy atom. The second-order valence-corrected chi connectivity index (χ2v) is 9.98. The molecule has 0 bridgehead atoms. The minimum absolute atomic E-state index is 0.00602. The van der Waals surface area contributed by atoms with E-state index in [-0.39, 0.29) is 23.5 Å². The van der Waals surface area contributed by atoms with Crippen molar-refractivity contribution in [3.63, 3.8) is 0 Å². The van der Waals surface area contributed by atoms with Crippen molar-refractivity contribution in [2.45, 2.75) is 50.2 Å². The summed E-state index contributed by atoms with van der Waals surface area (Å²) in [5.41, 5.74) is -0.510. The number of anilines is 1. The molecule has 3 aliphatic rings. The van der Waals surface area contributed by atoms with Crippen LogP contribution in [0.3, 0.4) is 0 Å². The molecule has 2 amide bonds. The fourth-order valence-corrected chi connectivity index (χ4v) is 5.49. The van der Waals surface area contributed by atoms with Gasteiger partial charge in [0.2, 0.25) is 0 Å². The van der Waals surface area contributed by atoms with Crippen LogP contribution in [-0.2, 0) is 34.0 Å². The second-order valence-electron chi connectivity index (χ2n) is 9.98. The number of para-hydroxylation sites is 1. The number of amidine groups is 1. The van der Waals surface area contributed by atoms with E-state index in [0.717, 1.165) is 11.3 Å². The maximum atomic E-state index is 13.6. The van der Waals surface area contributed by atoms with Crippen LogP contribution < -0.4 is 10.2 Å². The van der Waals surface area contributed by atoms with Gasteiger partial charge in [0.1, 0.15) is 11.9 Å². The van der Waals surface area contributed by atoms with Crippen LogP contribution in [-0.4, -0.2) is 80.7 Å². The molecule has 0 aromatic heterocycles. The number of urea groups is 1. The molecule has 11 heteroatoms. The number of rotatable bonds is 3. The van der Waals surface area contributed by atoms with E-state index in [9.17, 15) is 19.2 Å². The molecule has 0 saturated carbocycles. The van der Waals surface area contributed by atoms with E-state index in [1.54, 1.807) is 7.05 Å². The van der Waals surface area contributed by atoms with Crippen LogP contribution in [0.2, 0.25) is 0 Å². The highest BCUT2D eigenvalue weighted by atomic mass is 16.5. The third-order valence-electron chi connectivity index (χ3n) is 6.78. The van der Waals surface area contributed by atoms with Crippen LogP contribution >= 0.6 is 0 Å². The minimum Gasteiger partial charge on any atom is -0.467 e. The summed E-state index contributed by atoms with van der Waals surface area (Å²) in [6, 6.07) is 4.99. The number of nitrogens with zero attached hydrogens (tertiary/aromatic N) is 3. The fraction of sp³-hybridized carbons (Fsp3) is 0.480. The number of benzene rings is 1. The van der Waals surface area contributed by atoms with Gasteiger partial charge in [0.25, 0.3) is 0 Å². The highest BCUT2D eigenvalue weighted by molar-refractivity contribution is 6.17. The molecule has 1 N–H and O–H groups in total. The van der Waals surface area contributed by atoms with Gasteiger partial charge >= 0.3 is 23.9 Å². The van der Waals surface area contributed by atoms with Crippen molar-refractivity contribution in [2.24, 2.45) is 4.99 Å². The maximum Gasteiger partial charge on any atom is 0.357 e. The topological polar surface area (TPSA) is 127 Å². The van der Waals surface area contributed by atoms with Crippen LogP contribution in [0.5, 0.6) is 0 Å². The lowest BCUT2D eigenvalue weighted by Gasteiger charge is -2.39. The van der Waals surface area contributed by atoms with E-state index in [2.05, 4.69) is 10.3 Å². The number of amides is 2. The van der Waals surface area contributed by atoms with Gasteiger partial charge in [-0.1, -0.05) is 18.2 Å². The van der Waals surface area contributed by atoms with E-state index in [1.165, 1.54) is 26.2 Å². The number of ether oxygens (including phenoxy) is 3. The van der Waals surface area contributed by atoms with Crippen LogP contribution in [0, 0.1) is 0 Å². The first kappa shape index (κ1) is 25.2. The van der Waals surface area contributed by atoms with Gasteiger partial charge < -0.3 is 24.4 Å². The summed E-state index contributed by atoms with van der Waals surface area (Å²) >= 11 is 0. The zero-order valence-corrected chi connectivity index (χ0v) is 21.4. The number of aliphatic imine (C=N–C) groups is 1. The molecule has 3 heterocycles. The van der Waals surface area contributed by atoms with E-state index in [0.29, 0.717) is 0 Å². The average molecular weight is 499 g/mol. The fourth-order valence-electron chi connectivity index (χ4n) is 5.49. The van der Waals surface area contributed by atoms with E-state index in [1.807, 2.05) is 49.9 Å². The van der Waals surface area contributed by atoms with Gasteiger partial charge in [-0.05, 0) is 38.8 Å². The first-order chi connectivity index (χ1) is 16.9.